The van der Waals surface area contributed by atoms with Crippen molar-refractivity contribution in [1.82, 2.24) is 10.2 Å². The summed E-state index contributed by atoms with van der Waals surface area (Å²) in [6, 6.07) is 21.7. The summed E-state index contributed by atoms with van der Waals surface area (Å²) in [5.41, 5.74) is 2.34. The van der Waals surface area contributed by atoms with E-state index in [0.29, 0.717) is 27.8 Å². The van der Waals surface area contributed by atoms with Gasteiger partial charge >= 0.3 is 0 Å². The molecule has 0 aliphatic carbocycles. The van der Waals surface area contributed by atoms with Gasteiger partial charge in [-0.2, -0.15) is 0 Å². The molecule has 2 unspecified atom stereocenters. The highest BCUT2D eigenvalue weighted by molar-refractivity contribution is 6.36. The van der Waals surface area contributed by atoms with Crippen LogP contribution in [0.5, 0.6) is 5.75 Å². The lowest BCUT2D eigenvalue weighted by atomic mass is 9.86. The number of nitrogens with one attached hydrogen (secondary N) is 1. The molecule has 3 aromatic carbocycles. The first-order valence-electron chi connectivity index (χ1n) is 13.3. The van der Waals surface area contributed by atoms with Gasteiger partial charge in [0.1, 0.15) is 11.8 Å². The van der Waals surface area contributed by atoms with E-state index in [4.69, 9.17) is 27.9 Å². The van der Waals surface area contributed by atoms with Crippen molar-refractivity contribution < 1.29 is 14.3 Å². The van der Waals surface area contributed by atoms with Crippen molar-refractivity contribution in [1.29, 1.82) is 0 Å². The van der Waals surface area contributed by atoms with E-state index in [1.54, 1.807) is 18.2 Å². The molecular weight excluding hydrogens is 531 g/mol. The van der Waals surface area contributed by atoms with Gasteiger partial charge in [0, 0.05) is 34.6 Å². The van der Waals surface area contributed by atoms with Crippen molar-refractivity contribution in [3.8, 4) is 5.75 Å². The number of carbonyl (C=O) groups is 2. The molecule has 3 rings (SSSR count). The van der Waals surface area contributed by atoms with Crippen molar-refractivity contribution in [2.75, 3.05) is 6.61 Å². The minimum absolute atomic E-state index is 0.0495. The molecule has 3 aromatic rings. The number of rotatable bonds is 11. The van der Waals surface area contributed by atoms with Crippen molar-refractivity contribution in [3.05, 3.63) is 99.5 Å². The Hall–Kier alpha value is -3.02. The molecule has 0 saturated heterocycles. The number of ether oxygens (including phenoxy) is 1. The molecule has 0 aromatic heterocycles. The lowest BCUT2D eigenvalue weighted by Gasteiger charge is -2.33. The second kappa shape index (κ2) is 13.9. The molecular formula is C32H38Cl2N2O3. The number of hydrogen-bond donors (Lipinski definition) is 1. The van der Waals surface area contributed by atoms with E-state index in [1.165, 1.54) is 4.90 Å². The van der Waals surface area contributed by atoms with Crippen LogP contribution in [0, 0.1) is 0 Å². The maximum absolute atomic E-state index is 13.9. The van der Waals surface area contributed by atoms with Crippen LogP contribution in [0.15, 0.2) is 72.8 Å². The van der Waals surface area contributed by atoms with E-state index in [1.807, 2.05) is 68.4 Å². The average Bonchev–Trinajstić information content (AvgIpc) is 2.90. The van der Waals surface area contributed by atoms with Crippen LogP contribution in [-0.2, 0) is 28.0 Å². The Bertz CT molecular complexity index is 1240. The zero-order chi connectivity index (χ0) is 28.6. The first-order valence-corrected chi connectivity index (χ1v) is 14.1. The van der Waals surface area contributed by atoms with E-state index < -0.39 is 6.04 Å². The number of hydrogen-bond acceptors (Lipinski definition) is 3. The molecule has 1 N–H and O–H groups in total. The van der Waals surface area contributed by atoms with Crippen molar-refractivity contribution in [2.45, 2.75) is 71.5 Å². The summed E-state index contributed by atoms with van der Waals surface area (Å²) < 4.78 is 6.10. The number of carbonyl (C=O) groups excluding carboxylic acids is 2. The van der Waals surface area contributed by atoms with E-state index in [-0.39, 0.29) is 36.4 Å². The topological polar surface area (TPSA) is 58.6 Å². The molecule has 0 radical (unpaired) electrons. The number of nitrogens with zero attached hydrogens (tertiary/aromatic N) is 1. The zero-order valence-corrected chi connectivity index (χ0v) is 24.9. The largest absolute Gasteiger partial charge is 0.483 e. The van der Waals surface area contributed by atoms with Crippen molar-refractivity contribution in [3.63, 3.8) is 0 Å². The Morgan fingerprint density at radius 1 is 0.923 bits per heavy atom. The molecule has 0 aliphatic heterocycles. The van der Waals surface area contributed by atoms with Crippen molar-refractivity contribution in [2.24, 2.45) is 0 Å². The molecule has 0 spiro atoms. The molecule has 0 bridgehead atoms. The minimum atomic E-state index is -0.803. The Balaban J connectivity index is 2.00. The predicted molar refractivity (Wildman–Crippen MR) is 159 cm³/mol. The lowest BCUT2D eigenvalue weighted by molar-refractivity contribution is -0.143. The van der Waals surface area contributed by atoms with Gasteiger partial charge in [-0.3, -0.25) is 9.59 Å². The molecule has 0 heterocycles. The summed E-state index contributed by atoms with van der Waals surface area (Å²) in [7, 11) is 0. The standard InChI is InChI=1S/C32H38Cl2N2O3/c1-6-22(2)35-31(38)28(19-23-13-8-7-9-14-23)36(20-24-26(33)16-12-17-27(24)34)30(37)21-39-29-18-11-10-15-25(29)32(3,4)5/h7-18,22,28H,6,19-21H2,1-5H3,(H,35,38). The van der Waals surface area contributed by atoms with Gasteiger partial charge in [-0.05, 0) is 48.1 Å². The Morgan fingerprint density at radius 3 is 2.15 bits per heavy atom. The Morgan fingerprint density at radius 2 is 1.54 bits per heavy atom. The number of halogens is 2. The molecule has 2 amide bonds. The molecule has 2 atom stereocenters. The van der Waals surface area contributed by atoms with E-state index in [0.717, 1.165) is 17.5 Å². The van der Waals surface area contributed by atoms with E-state index >= 15 is 0 Å². The SMILES string of the molecule is CCC(C)NC(=O)C(Cc1ccccc1)N(Cc1c(Cl)cccc1Cl)C(=O)COc1ccccc1C(C)(C)C. The highest BCUT2D eigenvalue weighted by Crippen LogP contribution is 2.31. The molecule has 208 valence electrons. The van der Waals surface area contributed by atoms with Crippen LogP contribution in [0.4, 0.5) is 0 Å². The minimum Gasteiger partial charge on any atom is -0.483 e. The van der Waals surface area contributed by atoms with Gasteiger partial charge in [0.05, 0.1) is 0 Å². The van der Waals surface area contributed by atoms with Gasteiger partial charge in [0.2, 0.25) is 5.91 Å². The maximum atomic E-state index is 13.9. The van der Waals surface area contributed by atoms with Crippen LogP contribution in [0.1, 0.15) is 57.7 Å². The van der Waals surface area contributed by atoms with Gasteiger partial charge < -0.3 is 15.0 Å². The van der Waals surface area contributed by atoms with Gasteiger partial charge in [0.25, 0.3) is 5.91 Å². The van der Waals surface area contributed by atoms with Crippen molar-refractivity contribution >= 4 is 35.0 Å². The van der Waals surface area contributed by atoms with Crippen LogP contribution in [-0.4, -0.2) is 35.4 Å². The Kier molecular flexibility index (Phi) is 10.8. The number of para-hydroxylation sites is 1. The maximum Gasteiger partial charge on any atom is 0.261 e. The molecule has 0 aliphatic rings. The van der Waals surface area contributed by atoms with Gasteiger partial charge in [-0.25, -0.2) is 0 Å². The summed E-state index contributed by atoms with van der Waals surface area (Å²) in [6.07, 6.45) is 1.09. The Labute approximate surface area is 242 Å². The van der Waals surface area contributed by atoms with Crippen LogP contribution in [0.25, 0.3) is 0 Å². The summed E-state index contributed by atoms with van der Waals surface area (Å²) in [5, 5.41) is 3.92. The molecule has 5 nitrogen and oxygen atoms in total. The summed E-state index contributed by atoms with van der Waals surface area (Å²) in [5.74, 6) is 0.0625. The van der Waals surface area contributed by atoms with Crippen LogP contribution in [0.2, 0.25) is 10.0 Å². The average molecular weight is 570 g/mol. The second-order valence-electron chi connectivity index (χ2n) is 10.8. The quantitative estimate of drug-likeness (QED) is 0.265. The lowest BCUT2D eigenvalue weighted by Crippen LogP contribution is -2.53. The predicted octanol–water partition coefficient (Wildman–Crippen LogP) is 7.22. The highest BCUT2D eigenvalue weighted by atomic mass is 35.5. The molecule has 7 heteroatoms. The fourth-order valence-corrected chi connectivity index (χ4v) is 4.80. The fraction of sp³-hybridized carbons (Fsp3) is 0.375. The molecule has 39 heavy (non-hydrogen) atoms. The van der Waals surface area contributed by atoms with Crippen LogP contribution >= 0.6 is 23.2 Å². The highest BCUT2D eigenvalue weighted by Gasteiger charge is 2.32. The number of amides is 2. The summed E-state index contributed by atoms with van der Waals surface area (Å²) in [6.45, 7) is 10.1. The van der Waals surface area contributed by atoms with E-state index in [2.05, 4.69) is 26.1 Å². The summed E-state index contributed by atoms with van der Waals surface area (Å²) >= 11 is 13.0. The molecule has 0 saturated carbocycles. The molecule has 0 fully saturated rings. The third-order valence-electron chi connectivity index (χ3n) is 6.71. The number of benzene rings is 3. The van der Waals surface area contributed by atoms with E-state index in [9.17, 15) is 9.59 Å². The monoisotopic (exact) mass is 568 g/mol. The summed E-state index contributed by atoms with van der Waals surface area (Å²) in [4.78, 5) is 29.1. The normalized spacial score (nSPS) is 12.9. The van der Waals surface area contributed by atoms with Crippen LogP contribution < -0.4 is 10.1 Å². The van der Waals surface area contributed by atoms with Gasteiger partial charge in [0.15, 0.2) is 6.61 Å². The van der Waals surface area contributed by atoms with Gasteiger partial charge in [-0.1, -0.05) is 105 Å². The van der Waals surface area contributed by atoms with Crippen LogP contribution in [0.3, 0.4) is 0 Å². The first kappa shape index (κ1) is 30.5. The third kappa shape index (κ3) is 8.48. The zero-order valence-electron chi connectivity index (χ0n) is 23.3. The smallest absolute Gasteiger partial charge is 0.261 e. The van der Waals surface area contributed by atoms with Gasteiger partial charge in [-0.15, -0.1) is 0 Å². The third-order valence-corrected chi connectivity index (χ3v) is 7.42. The first-order chi connectivity index (χ1) is 18.5. The fourth-order valence-electron chi connectivity index (χ4n) is 4.28. The second-order valence-corrected chi connectivity index (χ2v) is 11.6.